The molecule has 0 spiro atoms. The van der Waals surface area contributed by atoms with Gasteiger partial charge in [0.1, 0.15) is 0 Å². The van der Waals surface area contributed by atoms with Crippen LogP contribution >= 0.6 is 0 Å². The number of nitrogens with zero attached hydrogens (tertiary/aromatic N) is 3. The highest BCUT2D eigenvalue weighted by molar-refractivity contribution is 5.93. The number of nitrogens with one attached hydrogen (secondary N) is 1. The third-order valence-corrected chi connectivity index (χ3v) is 12.0. The van der Waals surface area contributed by atoms with E-state index in [9.17, 15) is 20.1 Å². The van der Waals surface area contributed by atoms with E-state index in [0.717, 1.165) is 60.9 Å². The average Bonchev–Trinajstić information content (AvgIpc) is 3.91. The lowest BCUT2D eigenvalue weighted by Crippen LogP contribution is -2.26. The Morgan fingerprint density at radius 3 is 2.70 bits per heavy atom. The molecule has 1 aliphatic carbocycles. The van der Waals surface area contributed by atoms with Crippen molar-refractivity contribution in [2.75, 3.05) is 18.4 Å². The molecule has 1 saturated carbocycles. The van der Waals surface area contributed by atoms with Crippen molar-refractivity contribution in [2.45, 2.75) is 108 Å². The zero-order chi connectivity index (χ0) is 38.9. The van der Waals surface area contributed by atoms with Gasteiger partial charge in [-0.25, -0.2) is 0 Å². The van der Waals surface area contributed by atoms with Crippen LogP contribution in [0.25, 0.3) is 21.7 Å². The zero-order valence-electron chi connectivity index (χ0n) is 32.6. The summed E-state index contributed by atoms with van der Waals surface area (Å²) >= 11 is 0. The van der Waals surface area contributed by atoms with Gasteiger partial charge in [0.05, 0.1) is 23.8 Å². The first kappa shape index (κ1) is 39.7. The van der Waals surface area contributed by atoms with Gasteiger partial charge in [0, 0.05) is 67.1 Å². The van der Waals surface area contributed by atoms with E-state index in [1.54, 1.807) is 0 Å². The first-order chi connectivity index (χ1) is 27.3. The molecule has 9 nitrogen and oxygen atoms in total. The number of allylic oxidation sites excluding steroid dienone is 2. The van der Waals surface area contributed by atoms with E-state index in [4.69, 9.17) is 4.74 Å². The Hall–Kier alpha value is -4.54. The number of unbranched alkanes of at least 4 members (excludes halogenated alkanes) is 1. The molecule has 0 bridgehead atoms. The Kier molecular flexibility index (Phi) is 13.5. The third kappa shape index (κ3) is 10.2. The van der Waals surface area contributed by atoms with Gasteiger partial charge in [0.15, 0.2) is 6.23 Å². The Morgan fingerprint density at radius 2 is 1.82 bits per heavy atom. The number of aliphatic hydroxyl groups excluding tert-OH is 3. The fourth-order valence-electron chi connectivity index (χ4n) is 8.89. The van der Waals surface area contributed by atoms with Gasteiger partial charge in [-0.05, 0) is 117 Å². The maximum Gasteiger partial charge on any atom is 0.307 e. The number of aromatic nitrogens is 2. The van der Waals surface area contributed by atoms with Crippen LogP contribution in [-0.2, 0) is 22.5 Å². The molecule has 5 aromatic rings. The second-order valence-electron chi connectivity index (χ2n) is 16.0. The molecule has 1 aliphatic heterocycles. The smallest absolute Gasteiger partial charge is 0.307 e. The van der Waals surface area contributed by atoms with E-state index in [0.29, 0.717) is 51.0 Å². The summed E-state index contributed by atoms with van der Waals surface area (Å²) in [5.41, 5.74) is 4.67. The summed E-state index contributed by atoms with van der Waals surface area (Å²) in [6.45, 7) is 4.78. The van der Waals surface area contributed by atoms with Crippen molar-refractivity contribution in [3.8, 4) is 0 Å². The van der Waals surface area contributed by atoms with E-state index >= 15 is 0 Å². The van der Waals surface area contributed by atoms with Crippen LogP contribution in [0, 0.1) is 11.8 Å². The van der Waals surface area contributed by atoms with Crippen molar-refractivity contribution in [2.24, 2.45) is 11.8 Å². The van der Waals surface area contributed by atoms with Gasteiger partial charge in [0.2, 0.25) is 0 Å². The van der Waals surface area contributed by atoms with Crippen LogP contribution in [0.1, 0.15) is 82.1 Å². The molecule has 56 heavy (non-hydrogen) atoms. The van der Waals surface area contributed by atoms with Gasteiger partial charge in [-0.2, -0.15) is 0 Å². The number of likely N-dealkylation sites (tertiary alicyclic amines) is 1. The Labute approximate surface area is 331 Å². The minimum atomic E-state index is -0.550. The molecule has 1 unspecified atom stereocenters. The van der Waals surface area contributed by atoms with Crippen LogP contribution in [0.5, 0.6) is 0 Å². The van der Waals surface area contributed by atoms with E-state index in [1.165, 1.54) is 16.5 Å². The first-order valence-corrected chi connectivity index (χ1v) is 20.6. The van der Waals surface area contributed by atoms with Crippen LogP contribution in [-0.4, -0.2) is 73.2 Å². The first-order valence-electron chi connectivity index (χ1n) is 20.6. The maximum atomic E-state index is 12.9. The lowest BCUT2D eigenvalue weighted by Gasteiger charge is -2.23. The summed E-state index contributed by atoms with van der Waals surface area (Å²) in [6.07, 6.45) is 14.6. The fraction of sp³-hybridized carbons (Fsp3) is 0.447. The molecule has 4 N–H and O–H groups in total. The summed E-state index contributed by atoms with van der Waals surface area (Å²) in [6, 6.07) is 27.6. The minimum absolute atomic E-state index is 0.0339. The van der Waals surface area contributed by atoms with E-state index in [1.807, 2.05) is 48.3 Å². The van der Waals surface area contributed by atoms with Gasteiger partial charge in [-0.1, -0.05) is 66.7 Å². The van der Waals surface area contributed by atoms with Crippen molar-refractivity contribution in [3.63, 3.8) is 0 Å². The van der Waals surface area contributed by atoms with E-state index in [2.05, 4.69) is 88.0 Å². The number of esters is 1. The molecule has 2 aliphatic rings. The number of pyridine rings is 1. The third-order valence-electron chi connectivity index (χ3n) is 12.0. The Morgan fingerprint density at radius 1 is 0.964 bits per heavy atom. The zero-order valence-corrected chi connectivity index (χ0v) is 32.6. The van der Waals surface area contributed by atoms with Gasteiger partial charge in [-0.3, -0.25) is 14.7 Å². The predicted octanol–water partition coefficient (Wildman–Crippen LogP) is 8.19. The van der Waals surface area contributed by atoms with Gasteiger partial charge < -0.3 is 29.9 Å². The number of benzene rings is 3. The fourth-order valence-corrected chi connectivity index (χ4v) is 8.89. The van der Waals surface area contributed by atoms with E-state index < -0.39 is 24.5 Å². The molecule has 2 fully saturated rings. The van der Waals surface area contributed by atoms with Crippen LogP contribution in [0.2, 0.25) is 0 Å². The lowest BCUT2D eigenvalue weighted by molar-refractivity contribution is -0.152. The van der Waals surface area contributed by atoms with Crippen LogP contribution in [0.15, 0.2) is 110 Å². The molecule has 3 aromatic carbocycles. The number of carbonyl (C=O) groups is 1. The second-order valence-corrected chi connectivity index (χ2v) is 16.0. The lowest BCUT2D eigenvalue weighted by atomic mass is 9.85. The number of fused-ring (bicyclic) bond motifs is 2. The molecule has 2 aromatic heterocycles. The standard InChI is InChI=1S/C47H58N4O5/c1-33(56-47(55)15-8-3-2-7-13-41-42(46(54)29-45(41)53)21-20-39(52)19-17-34-10-5-4-6-11-34)51-27-23-36-18-16-35(28-44(36)51)31-50-26-24-38(32-50)49-43-14-9-12-37-30-48-25-22-40(37)43/h2,4-7,9-12,14,16,18,22-23,25,27-28,30,33,38-39,41-42,45-46,49,52-54H,3,8,13,15,17,19-21,24,26,29,31-32H2,1H3/b7-2+/t33?,38-,39+,41-,42-,45+,46-/m1/s1. The summed E-state index contributed by atoms with van der Waals surface area (Å²) in [5, 5.41) is 39.2. The van der Waals surface area contributed by atoms with Gasteiger partial charge >= 0.3 is 5.97 Å². The SMILES string of the molecule is CC(OC(=O)CCC/C=C/C[C@@H]1[C@@H](CC[C@@H](O)CCc2ccccc2)[C@H](O)C[C@@H]1O)n1ccc2ccc(CN3CC[C@@H](Nc4cccc5cnccc45)C3)cc21. The normalized spacial score (nSPS) is 22.6. The van der Waals surface area contributed by atoms with E-state index in [-0.39, 0.29) is 17.8 Å². The number of hydrogen-bond donors (Lipinski definition) is 4. The maximum absolute atomic E-state index is 12.9. The Bertz CT molecular complexity index is 2040. The van der Waals surface area contributed by atoms with Crippen LogP contribution in [0.4, 0.5) is 5.69 Å². The number of aryl methyl sites for hydroxylation is 1. The predicted molar refractivity (Wildman–Crippen MR) is 223 cm³/mol. The van der Waals surface area contributed by atoms with Crippen LogP contribution in [0.3, 0.4) is 0 Å². The molecular formula is C47H58N4O5. The molecule has 9 heteroatoms. The largest absolute Gasteiger partial charge is 0.441 e. The molecule has 1 saturated heterocycles. The van der Waals surface area contributed by atoms with Crippen molar-refractivity contribution >= 4 is 33.3 Å². The van der Waals surface area contributed by atoms with Crippen molar-refractivity contribution < 1.29 is 24.9 Å². The molecule has 7 rings (SSSR count). The molecule has 0 amide bonds. The highest BCUT2D eigenvalue weighted by atomic mass is 16.6. The van der Waals surface area contributed by atoms with Gasteiger partial charge in [-0.15, -0.1) is 0 Å². The number of hydrogen-bond acceptors (Lipinski definition) is 8. The quantitative estimate of drug-likeness (QED) is 0.0402. The van der Waals surface area contributed by atoms with Crippen molar-refractivity contribution in [3.05, 3.63) is 121 Å². The van der Waals surface area contributed by atoms with Crippen LogP contribution < -0.4 is 5.32 Å². The minimum Gasteiger partial charge on any atom is -0.441 e. The molecular weight excluding hydrogens is 701 g/mol. The number of rotatable bonds is 18. The molecule has 7 atom stereocenters. The number of aliphatic hydroxyl groups is 3. The molecule has 0 radical (unpaired) electrons. The van der Waals surface area contributed by atoms with Gasteiger partial charge in [0.25, 0.3) is 0 Å². The number of ether oxygens (including phenoxy) is 1. The highest BCUT2D eigenvalue weighted by Gasteiger charge is 2.40. The van der Waals surface area contributed by atoms with Crippen molar-refractivity contribution in [1.29, 1.82) is 0 Å². The summed E-state index contributed by atoms with van der Waals surface area (Å²) < 4.78 is 7.93. The highest BCUT2D eigenvalue weighted by Crippen LogP contribution is 2.38. The molecule has 296 valence electrons. The summed E-state index contributed by atoms with van der Waals surface area (Å²) in [4.78, 5) is 19.6. The second kappa shape index (κ2) is 19.1. The Balaban J connectivity index is 0.829. The average molecular weight is 759 g/mol. The summed E-state index contributed by atoms with van der Waals surface area (Å²) in [5.74, 6) is -0.288. The topological polar surface area (TPSA) is 120 Å². The van der Waals surface area contributed by atoms with Crippen molar-refractivity contribution in [1.82, 2.24) is 14.5 Å². The monoisotopic (exact) mass is 758 g/mol. The number of anilines is 1. The molecule has 3 heterocycles. The number of carbonyl (C=O) groups excluding carboxylic acids is 1. The summed E-state index contributed by atoms with van der Waals surface area (Å²) in [7, 11) is 0.